The molecule has 0 fully saturated rings. The van der Waals surface area contributed by atoms with Crippen molar-refractivity contribution in [1.82, 2.24) is 9.55 Å². The van der Waals surface area contributed by atoms with Crippen molar-refractivity contribution in [3.05, 3.63) is 57.7 Å². The van der Waals surface area contributed by atoms with Crippen molar-refractivity contribution in [3.8, 4) is 0 Å². The van der Waals surface area contributed by atoms with Gasteiger partial charge in [-0.25, -0.2) is 9.78 Å². The molecule has 2 heterocycles. The van der Waals surface area contributed by atoms with E-state index in [1.807, 2.05) is 31.2 Å². The van der Waals surface area contributed by atoms with Crippen LogP contribution >= 0.6 is 11.6 Å². The summed E-state index contributed by atoms with van der Waals surface area (Å²) in [5.41, 5.74) is 1.92. The van der Waals surface area contributed by atoms with Gasteiger partial charge in [0.05, 0.1) is 22.8 Å². The van der Waals surface area contributed by atoms with E-state index in [0.29, 0.717) is 16.3 Å². The molecule has 1 N–H and O–H groups in total. The lowest BCUT2D eigenvalue weighted by Gasteiger charge is -2.08. The van der Waals surface area contributed by atoms with Crippen molar-refractivity contribution in [3.63, 3.8) is 0 Å². The van der Waals surface area contributed by atoms with Crippen LogP contribution in [0.4, 0.5) is 5.82 Å². The summed E-state index contributed by atoms with van der Waals surface area (Å²) in [5, 5.41) is 3.65. The minimum atomic E-state index is -0.414. The Kier molecular flexibility index (Phi) is 3.66. The largest absolute Gasteiger partial charge is 0.420 e. The minimum absolute atomic E-state index is 0.272. The third kappa shape index (κ3) is 2.64. The van der Waals surface area contributed by atoms with Crippen LogP contribution < -0.4 is 11.1 Å². The lowest BCUT2D eigenvalue weighted by molar-refractivity contribution is 0.516. The van der Waals surface area contributed by atoms with Gasteiger partial charge in [0.2, 0.25) is 0 Å². The van der Waals surface area contributed by atoms with Crippen LogP contribution in [0.15, 0.2) is 45.6 Å². The number of anilines is 1. The number of oxazole rings is 1. The van der Waals surface area contributed by atoms with E-state index < -0.39 is 5.76 Å². The molecule has 3 aromatic rings. The molecule has 0 atom stereocenters. The van der Waals surface area contributed by atoms with Crippen molar-refractivity contribution in [2.75, 3.05) is 11.9 Å². The molecule has 0 radical (unpaired) electrons. The van der Waals surface area contributed by atoms with Gasteiger partial charge in [0.25, 0.3) is 0 Å². The van der Waals surface area contributed by atoms with Gasteiger partial charge in [0.1, 0.15) is 5.82 Å². The molecule has 3 rings (SSSR count). The Labute approximate surface area is 126 Å². The average molecular weight is 304 g/mol. The van der Waals surface area contributed by atoms with Gasteiger partial charge in [0, 0.05) is 6.54 Å². The first-order valence-corrected chi connectivity index (χ1v) is 7.04. The molecular formula is C15H14ClN3O2. The van der Waals surface area contributed by atoms with Gasteiger partial charge in [0.15, 0.2) is 5.58 Å². The second-order valence-corrected chi connectivity index (χ2v) is 4.98. The summed E-state index contributed by atoms with van der Waals surface area (Å²) in [6.07, 6.45) is 0. The Morgan fingerprint density at radius 2 is 2.10 bits per heavy atom. The van der Waals surface area contributed by atoms with Crippen LogP contribution in [-0.2, 0) is 6.54 Å². The van der Waals surface area contributed by atoms with Gasteiger partial charge in [-0.15, -0.1) is 0 Å². The second kappa shape index (κ2) is 5.61. The van der Waals surface area contributed by atoms with E-state index in [0.717, 1.165) is 17.9 Å². The molecule has 0 aliphatic carbocycles. The van der Waals surface area contributed by atoms with E-state index in [1.54, 1.807) is 12.1 Å². The molecule has 0 amide bonds. The van der Waals surface area contributed by atoms with Crippen LogP contribution in [0.3, 0.4) is 0 Å². The highest BCUT2D eigenvalue weighted by Crippen LogP contribution is 2.19. The average Bonchev–Trinajstić information content (AvgIpc) is 2.79. The molecule has 0 bridgehead atoms. The molecule has 0 unspecified atom stereocenters. The van der Waals surface area contributed by atoms with Gasteiger partial charge >= 0.3 is 5.76 Å². The highest BCUT2D eigenvalue weighted by atomic mass is 35.5. The number of hydrogen-bond acceptors (Lipinski definition) is 4. The Morgan fingerprint density at radius 1 is 1.29 bits per heavy atom. The normalized spacial score (nSPS) is 11.0. The SMILES string of the molecule is CCNc1ccc(Cl)c(Cn2c(=O)oc3ccccc32)n1. The maximum Gasteiger partial charge on any atom is 0.420 e. The summed E-state index contributed by atoms with van der Waals surface area (Å²) >= 11 is 6.18. The minimum Gasteiger partial charge on any atom is -0.408 e. The van der Waals surface area contributed by atoms with Crippen LogP contribution in [0.2, 0.25) is 5.02 Å². The van der Waals surface area contributed by atoms with Crippen molar-refractivity contribution < 1.29 is 4.42 Å². The monoisotopic (exact) mass is 303 g/mol. The Balaban J connectivity index is 2.04. The lowest BCUT2D eigenvalue weighted by atomic mass is 10.3. The van der Waals surface area contributed by atoms with Crippen LogP contribution in [0.25, 0.3) is 11.1 Å². The topological polar surface area (TPSA) is 60.1 Å². The molecule has 5 nitrogen and oxygen atoms in total. The molecule has 0 aliphatic heterocycles. The summed E-state index contributed by atoms with van der Waals surface area (Å²) in [5.74, 6) is 0.320. The van der Waals surface area contributed by atoms with E-state index in [2.05, 4.69) is 10.3 Å². The lowest BCUT2D eigenvalue weighted by Crippen LogP contribution is -2.16. The Morgan fingerprint density at radius 3 is 2.90 bits per heavy atom. The van der Waals surface area contributed by atoms with E-state index in [4.69, 9.17) is 16.0 Å². The van der Waals surface area contributed by atoms with Gasteiger partial charge in [-0.05, 0) is 31.2 Å². The van der Waals surface area contributed by atoms with Crippen LogP contribution in [0.1, 0.15) is 12.6 Å². The molecule has 108 valence electrons. The fourth-order valence-corrected chi connectivity index (χ4v) is 2.35. The maximum atomic E-state index is 12.0. The quantitative estimate of drug-likeness (QED) is 0.804. The number of aromatic nitrogens is 2. The zero-order valence-corrected chi connectivity index (χ0v) is 12.2. The molecule has 6 heteroatoms. The number of rotatable bonds is 4. The van der Waals surface area contributed by atoms with E-state index >= 15 is 0 Å². The zero-order valence-electron chi connectivity index (χ0n) is 11.5. The number of pyridine rings is 1. The molecular weight excluding hydrogens is 290 g/mol. The van der Waals surface area contributed by atoms with Gasteiger partial charge < -0.3 is 9.73 Å². The summed E-state index contributed by atoms with van der Waals surface area (Å²) in [4.78, 5) is 16.4. The highest BCUT2D eigenvalue weighted by Gasteiger charge is 2.12. The predicted molar refractivity (Wildman–Crippen MR) is 83.0 cm³/mol. The van der Waals surface area contributed by atoms with E-state index in [1.165, 1.54) is 4.57 Å². The number of benzene rings is 1. The highest BCUT2D eigenvalue weighted by molar-refractivity contribution is 6.31. The third-order valence-corrected chi connectivity index (χ3v) is 3.50. The molecule has 0 spiro atoms. The van der Waals surface area contributed by atoms with Crippen LogP contribution in [0, 0.1) is 0 Å². The van der Waals surface area contributed by atoms with Gasteiger partial charge in [-0.3, -0.25) is 4.57 Å². The van der Waals surface area contributed by atoms with Crippen molar-refractivity contribution in [2.45, 2.75) is 13.5 Å². The maximum absolute atomic E-state index is 12.0. The Hall–Kier alpha value is -2.27. The third-order valence-electron chi connectivity index (χ3n) is 3.16. The van der Waals surface area contributed by atoms with E-state index in [-0.39, 0.29) is 6.54 Å². The van der Waals surface area contributed by atoms with Crippen LogP contribution in [-0.4, -0.2) is 16.1 Å². The number of halogens is 1. The Bertz CT molecular complexity index is 838. The van der Waals surface area contributed by atoms with Crippen molar-refractivity contribution in [2.24, 2.45) is 0 Å². The standard InChI is InChI=1S/C15H14ClN3O2/c1-2-17-14-8-7-10(16)11(18-14)9-19-12-5-3-4-6-13(12)21-15(19)20/h3-8H,2,9H2,1H3,(H,17,18). The summed E-state index contributed by atoms with van der Waals surface area (Å²) in [7, 11) is 0. The molecule has 2 aromatic heterocycles. The number of nitrogens with one attached hydrogen (secondary N) is 1. The number of hydrogen-bond donors (Lipinski definition) is 1. The predicted octanol–water partition coefficient (Wildman–Crippen LogP) is 3.12. The number of para-hydroxylation sites is 2. The van der Waals surface area contributed by atoms with Gasteiger partial charge in [-0.2, -0.15) is 0 Å². The summed E-state index contributed by atoms with van der Waals surface area (Å²) in [6.45, 7) is 3.03. The first-order valence-electron chi connectivity index (χ1n) is 6.66. The molecule has 0 aliphatic rings. The van der Waals surface area contributed by atoms with Crippen LogP contribution in [0.5, 0.6) is 0 Å². The zero-order chi connectivity index (χ0) is 14.8. The summed E-state index contributed by atoms with van der Waals surface area (Å²) < 4.78 is 6.74. The fourth-order valence-electron chi connectivity index (χ4n) is 2.19. The molecule has 21 heavy (non-hydrogen) atoms. The van der Waals surface area contributed by atoms with Crippen molar-refractivity contribution in [1.29, 1.82) is 0 Å². The van der Waals surface area contributed by atoms with E-state index in [9.17, 15) is 4.79 Å². The summed E-state index contributed by atoms with van der Waals surface area (Å²) in [6, 6.07) is 10.9. The smallest absolute Gasteiger partial charge is 0.408 e. The first-order chi connectivity index (χ1) is 10.2. The number of fused-ring (bicyclic) bond motifs is 1. The van der Waals surface area contributed by atoms with Crippen molar-refractivity contribution >= 4 is 28.5 Å². The molecule has 0 saturated carbocycles. The second-order valence-electron chi connectivity index (χ2n) is 4.58. The molecule has 1 aromatic carbocycles. The fraction of sp³-hybridized carbons (Fsp3) is 0.200. The molecule has 0 saturated heterocycles. The number of nitrogens with zero attached hydrogens (tertiary/aromatic N) is 2. The first kappa shape index (κ1) is 13.7. The van der Waals surface area contributed by atoms with Gasteiger partial charge in [-0.1, -0.05) is 23.7 Å².